The van der Waals surface area contributed by atoms with Gasteiger partial charge in [-0.05, 0) is 18.2 Å². The van der Waals surface area contributed by atoms with Gasteiger partial charge in [0, 0.05) is 12.7 Å². The highest BCUT2D eigenvalue weighted by atomic mass is 35.5. The molecule has 0 fully saturated rings. The van der Waals surface area contributed by atoms with Crippen molar-refractivity contribution in [3.63, 3.8) is 0 Å². The second-order valence-electron chi connectivity index (χ2n) is 2.44. The smallest absolute Gasteiger partial charge is 0.188 e. The van der Waals surface area contributed by atoms with Crippen molar-refractivity contribution in [3.8, 4) is 5.75 Å². The third kappa shape index (κ3) is 2.86. The van der Waals surface area contributed by atoms with Crippen LogP contribution in [-0.4, -0.2) is 13.9 Å². The maximum Gasteiger partial charge on any atom is 0.188 e. The normalized spacial score (nSPS) is 10.1. The van der Waals surface area contributed by atoms with Gasteiger partial charge in [0.05, 0.1) is 5.88 Å². The summed E-state index contributed by atoms with van der Waals surface area (Å²) in [6, 6.07) is 4.20. The molecule has 0 saturated heterocycles. The molecule has 1 aromatic rings. The first kappa shape index (κ1) is 10.3. The number of methoxy groups -OCH3 is 1. The van der Waals surface area contributed by atoms with E-state index in [0.717, 1.165) is 0 Å². The molecule has 1 aromatic carbocycles. The summed E-state index contributed by atoms with van der Waals surface area (Å²) in [6.07, 6.45) is 0. The number of rotatable bonds is 4. The Balaban J connectivity index is 2.79. The summed E-state index contributed by atoms with van der Waals surface area (Å²) in [5, 5.41) is 0. The van der Waals surface area contributed by atoms with Crippen LogP contribution in [0.25, 0.3) is 0 Å². The Morgan fingerprint density at radius 3 is 2.85 bits per heavy atom. The van der Waals surface area contributed by atoms with Gasteiger partial charge in [-0.25, -0.2) is 4.39 Å². The maximum atomic E-state index is 12.7. The fourth-order valence-electron chi connectivity index (χ4n) is 0.916. The minimum atomic E-state index is -0.319. The van der Waals surface area contributed by atoms with E-state index in [0.29, 0.717) is 11.3 Å². The van der Waals surface area contributed by atoms with Gasteiger partial charge in [0.25, 0.3) is 0 Å². The van der Waals surface area contributed by atoms with Gasteiger partial charge in [-0.1, -0.05) is 0 Å². The molecule has 0 bridgehead atoms. The van der Waals surface area contributed by atoms with Gasteiger partial charge in [0.15, 0.2) is 6.79 Å². The molecule has 0 atom stereocenters. The highest BCUT2D eigenvalue weighted by Crippen LogP contribution is 2.21. The molecule has 0 N–H and O–H groups in total. The van der Waals surface area contributed by atoms with Crippen LogP contribution in [-0.2, 0) is 10.6 Å². The van der Waals surface area contributed by atoms with E-state index in [1.807, 2.05) is 0 Å². The van der Waals surface area contributed by atoms with Crippen molar-refractivity contribution in [3.05, 3.63) is 29.6 Å². The summed E-state index contributed by atoms with van der Waals surface area (Å²) in [6.45, 7) is 0.134. The van der Waals surface area contributed by atoms with Crippen molar-refractivity contribution in [1.82, 2.24) is 0 Å². The molecule has 0 aliphatic carbocycles. The van der Waals surface area contributed by atoms with Crippen molar-refractivity contribution in [2.75, 3.05) is 13.9 Å². The fraction of sp³-hybridized carbons (Fsp3) is 0.333. The van der Waals surface area contributed by atoms with Crippen LogP contribution < -0.4 is 4.74 Å². The van der Waals surface area contributed by atoms with E-state index < -0.39 is 0 Å². The van der Waals surface area contributed by atoms with Crippen LogP contribution in [0.3, 0.4) is 0 Å². The summed E-state index contributed by atoms with van der Waals surface area (Å²) in [5.41, 5.74) is 0.624. The van der Waals surface area contributed by atoms with Crippen LogP contribution in [0.4, 0.5) is 4.39 Å². The molecule has 1 rings (SSSR count). The molecule has 0 saturated carbocycles. The molecule has 0 aliphatic heterocycles. The Bertz CT molecular complexity index is 278. The summed E-state index contributed by atoms with van der Waals surface area (Å²) < 4.78 is 22.6. The molecule has 0 unspecified atom stereocenters. The van der Waals surface area contributed by atoms with Crippen molar-refractivity contribution in [1.29, 1.82) is 0 Å². The average Bonchev–Trinajstić information content (AvgIpc) is 2.16. The first-order valence-electron chi connectivity index (χ1n) is 3.74. The molecule has 0 radical (unpaired) electrons. The van der Waals surface area contributed by atoms with Gasteiger partial charge in [-0.15, -0.1) is 11.6 Å². The van der Waals surface area contributed by atoms with E-state index >= 15 is 0 Å². The summed E-state index contributed by atoms with van der Waals surface area (Å²) in [4.78, 5) is 0. The number of hydrogen-bond donors (Lipinski definition) is 0. The van der Waals surface area contributed by atoms with E-state index in [4.69, 9.17) is 21.1 Å². The fourth-order valence-corrected chi connectivity index (χ4v) is 1.12. The predicted octanol–water partition coefficient (Wildman–Crippen LogP) is 2.55. The molecule has 4 heteroatoms. The number of ether oxygens (including phenoxy) is 2. The minimum absolute atomic E-state index is 0.134. The van der Waals surface area contributed by atoms with E-state index in [1.54, 1.807) is 0 Å². The summed E-state index contributed by atoms with van der Waals surface area (Å²) >= 11 is 5.60. The van der Waals surface area contributed by atoms with E-state index in [2.05, 4.69) is 0 Å². The van der Waals surface area contributed by atoms with E-state index in [1.165, 1.54) is 25.3 Å². The van der Waals surface area contributed by atoms with Crippen molar-refractivity contribution in [2.45, 2.75) is 5.88 Å². The standard InChI is InChI=1S/C9H10ClFO2/c1-12-6-13-9-3-2-8(11)4-7(9)5-10/h2-4H,5-6H2,1H3. The molecule has 0 heterocycles. The second-order valence-corrected chi connectivity index (χ2v) is 2.70. The summed E-state index contributed by atoms with van der Waals surface area (Å²) in [7, 11) is 1.52. The Labute approximate surface area is 81.2 Å². The Hall–Kier alpha value is -0.800. The van der Waals surface area contributed by atoms with Gasteiger partial charge in [-0.3, -0.25) is 0 Å². The highest BCUT2D eigenvalue weighted by Gasteiger charge is 2.03. The lowest BCUT2D eigenvalue weighted by molar-refractivity contribution is 0.0505. The largest absolute Gasteiger partial charge is 0.467 e. The van der Waals surface area contributed by atoms with Gasteiger partial charge in [-0.2, -0.15) is 0 Å². The van der Waals surface area contributed by atoms with Crippen molar-refractivity contribution < 1.29 is 13.9 Å². The predicted molar refractivity (Wildman–Crippen MR) is 48.5 cm³/mol. The molecular formula is C9H10ClFO2. The molecule has 0 aromatic heterocycles. The number of halogens is 2. The Kier molecular flexibility index (Phi) is 3.99. The minimum Gasteiger partial charge on any atom is -0.467 e. The average molecular weight is 205 g/mol. The van der Waals surface area contributed by atoms with E-state index in [-0.39, 0.29) is 18.5 Å². The molecule has 72 valence electrons. The van der Waals surface area contributed by atoms with Crippen LogP contribution in [0, 0.1) is 5.82 Å². The van der Waals surface area contributed by atoms with Gasteiger partial charge in [0.1, 0.15) is 11.6 Å². The van der Waals surface area contributed by atoms with Crippen LogP contribution in [0.1, 0.15) is 5.56 Å². The lowest BCUT2D eigenvalue weighted by Crippen LogP contribution is -2.01. The van der Waals surface area contributed by atoms with E-state index in [9.17, 15) is 4.39 Å². The Morgan fingerprint density at radius 2 is 2.23 bits per heavy atom. The number of alkyl halides is 1. The lowest BCUT2D eigenvalue weighted by Gasteiger charge is -2.08. The first-order valence-corrected chi connectivity index (χ1v) is 4.27. The molecule has 0 aliphatic rings. The lowest BCUT2D eigenvalue weighted by atomic mass is 10.2. The number of benzene rings is 1. The van der Waals surface area contributed by atoms with Crippen LogP contribution in [0.5, 0.6) is 5.75 Å². The number of hydrogen-bond acceptors (Lipinski definition) is 2. The quantitative estimate of drug-likeness (QED) is 0.554. The van der Waals surface area contributed by atoms with Gasteiger partial charge in [0.2, 0.25) is 0 Å². The van der Waals surface area contributed by atoms with Crippen molar-refractivity contribution in [2.24, 2.45) is 0 Å². The van der Waals surface area contributed by atoms with Gasteiger partial charge < -0.3 is 9.47 Å². The van der Waals surface area contributed by atoms with Crippen molar-refractivity contribution >= 4 is 11.6 Å². The molecule has 0 spiro atoms. The van der Waals surface area contributed by atoms with Crippen LogP contribution in [0.15, 0.2) is 18.2 Å². The third-order valence-electron chi connectivity index (χ3n) is 1.50. The zero-order valence-corrected chi connectivity index (χ0v) is 7.97. The third-order valence-corrected chi connectivity index (χ3v) is 1.79. The molecule has 13 heavy (non-hydrogen) atoms. The molecular weight excluding hydrogens is 195 g/mol. The highest BCUT2D eigenvalue weighted by molar-refractivity contribution is 6.17. The molecule has 0 amide bonds. The summed E-state index contributed by atoms with van der Waals surface area (Å²) in [5.74, 6) is 0.454. The van der Waals surface area contributed by atoms with Gasteiger partial charge >= 0.3 is 0 Å². The topological polar surface area (TPSA) is 18.5 Å². The molecule has 2 nitrogen and oxygen atoms in total. The second kappa shape index (κ2) is 5.04. The zero-order chi connectivity index (χ0) is 9.68. The van der Waals surface area contributed by atoms with Crippen LogP contribution >= 0.6 is 11.6 Å². The zero-order valence-electron chi connectivity index (χ0n) is 7.22. The maximum absolute atomic E-state index is 12.7. The Morgan fingerprint density at radius 1 is 1.46 bits per heavy atom. The first-order chi connectivity index (χ1) is 6.27. The SMILES string of the molecule is COCOc1ccc(F)cc1CCl. The van der Waals surface area contributed by atoms with Crippen LogP contribution in [0.2, 0.25) is 0 Å². The monoisotopic (exact) mass is 204 g/mol.